The highest BCUT2D eigenvalue weighted by Crippen LogP contribution is 2.17. The smallest absolute Gasteiger partial charge is 0.305 e. The number of unbranched alkanes of at least 4 members (excludes halogenated alkanes) is 43. The van der Waals surface area contributed by atoms with Gasteiger partial charge in [0.15, 0.2) is 0 Å². The highest BCUT2D eigenvalue weighted by molar-refractivity contribution is 5.76. The molecule has 0 aromatic heterocycles. The Morgan fingerprint density at radius 3 is 1.08 bits per heavy atom. The summed E-state index contributed by atoms with van der Waals surface area (Å²) in [7, 11) is 0. The van der Waals surface area contributed by atoms with Crippen LogP contribution in [-0.4, -0.2) is 47.4 Å². The zero-order chi connectivity index (χ0) is 47.9. The maximum Gasteiger partial charge on any atom is 0.305 e. The Labute approximate surface area is 412 Å². The van der Waals surface area contributed by atoms with Crippen LogP contribution in [0.2, 0.25) is 0 Å². The SMILES string of the molecule is CCCCCCCCCCCCCCCCCCCCCC(=O)OCCCCCCCCCCC/C=C\CCCCCCCCCC(=O)NC(CO)C(O)CCCCCCCCCCCC. The molecule has 66 heavy (non-hydrogen) atoms. The van der Waals surface area contributed by atoms with E-state index in [9.17, 15) is 19.8 Å². The van der Waals surface area contributed by atoms with Crippen LogP contribution in [0.25, 0.3) is 0 Å². The van der Waals surface area contributed by atoms with E-state index in [4.69, 9.17) is 4.74 Å². The number of rotatable bonds is 56. The van der Waals surface area contributed by atoms with E-state index < -0.39 is 12.1 Å². The van der Waals surface area contributed by atoms with Crippen molar-refractivity contribution in [3.05, 3.63) is 12.2 Å². The maximum atomic E-state index is 12.4. The van der Waals surface area contributed by atoms with E-state index in [1.807, 2.05) is 0 Å². The number of nitrogens with one attached hydrogen (secondary N) is 1. The number of hydrogen-bond acceptors (Lipinski definition) is 5. The molecular formula is C60H117NO5. The number of hydrogen-bond donors (Lipinski definition) is 3. The van der Waals surface area contributed by atoms with Crippen molar-refractivity contribution in [2.75, 3.05) is 13.2 Å². The van der Waals surface area contributed by atoms with Crippen molar-refractivity contribution in [2.24, 2.45) is 0 Å². The summed E-state index contributed by atoms with van der Waals surface area (Å²) in [5, 5.41) is 23.1. The van der Waals surface area contributed by atoms with Crippen LogP contribution in [0, 0.1) is 0 Å². The van der Waals surface area contributed by atoms with Gasteiger partial charge in [-0.2, -0.15) is 0 Å². The average molecular weight is 933 g/mol. The molecule has 2 unspecified atom stereocenters. The third kappa shape index (κ3) is 52.0. The summed E-state index contributed by atoms with van der Waals surface area (Å²) in [6, 6.07) is -0.545. The van der Waals surface area contributed by atoms with E-state index in [-0.39, 0.29) is 18.5 Å². The van der Waals surface area contributed by atoms with Crippen LogP contribution in [0.4, 0.5) is 0 Å². The number of ether oxygens (including phenoxy) is 1. The van der Waals surface area contributed by atoms with Crippen molar-refractivity contribution in [2.45, 2.75) is 347 Å². The number of aliphatic hydroxyl groups is 2. The van der Waals surface area contributed by atoms with Gasteiger partial charge in [-0.1, -0.05) is 283 Å². The van der Waals surface area contributed by atoms with Crippen molar-refractivity contribution < 1.29 is 24.5 Å². The second-order valence-electron chi connectivity index (χ2n) is 20.7. The molecule has 0 aliphatic carbocycles. The summed E-state index contributed by atoms with van der Waals surface area (Å²) in [4.78, 5) is 24.5. The molecule has 0 radical (unpaired) electrons. The van der Waals surface area contributed by atoms with Crippen molar-refractivity contribution in [3.63, 3.8) is 0 Å². The number of carbonyl (C=O) groups is 2. The minimum atomic E-state index is -0.667. The van der Waals surface area contributed by atoms with E-state index >= 15 is 0 Å². The lowest BCUT2D eigenvalue weighted by atomic mass is 10.0. The molecule has 0 aliphatic heterocycles. The molecule has 0 fully saturated rings. The molecule has 0 aromatic carbocycles. The van der Waals surface area contributed by atoms with E-state index in [2.05, 4.69) is 31.3 Å². The molecule has 0 saturated heterocycles. The van der Waals surface area contributed by atoms with Crippen LogP contribution in [0.3, 0.4) is 0 Å². The molecule has 392 valence electrons. The molecule has 3 N–H and O–H groups in total. The van der Waals surface area contributed by atoms with Crippen molar-refractivity contribution in [1.82, 2.24) is 5.32 Å². The minimum absolute atomic E-state index is 0.0114. The zero-order valence-electron chi connectivity index (χ0n) is 44.7. The monoisotopic (exact) mass is 932 g/mol. The second-order valence-corrected chi connectivity index (χ2v) is 20.7. The van der Waals surface area contributed by atoms with E-state index in [0.29, 0.717) is 25.9 Å². The van der Waals surface area contributed by atoms with Crippen LogP contribution in [-0.2, 0) is 14.3 Å². The molecule has 0 aromatic rings. The van der Waals surface area contributed by atoms with Crippen LogP contribution in [0.5, 0.6) is 0 Å². The fourth-order valence-electron chi connectivity index (χ4n) is 9.46. The number of allylic oxidation sites excluding steroid dienone is 2. The van der Waals surface area contributed by atoms with Gasteiger partial charge in [0, 0.05) is 12.8 Å². The second kappa shape index (κ2) is 56.2. The summed E-state index contributed by atoms with van der Waals surface area (Å²) < 4.78 is 5.50. The quantitative estimate of drug-likeness (QED) is 0.0321. The first kappa shape index (κ1) is 64.6. The van der Waals surface area contributed by atoms with Gasteiger partial charge in [0.2, 0.25) is 5.91 Å². The molecule has 0 aliphatic rings. The fraction of sp³-hybridized carbons (Fsp3) is 0.933. The molecule has 0 bridgehead atoms. The van der Waals surface area contributed by atoms with E-state index in [1.54, 1.807) is 0 Å². The summed E-state index contributed by atoms with van der Waals surface area (Å²) >= 11 is 0. The lowest BCUT2D eigenvalue weighted by molar-refractivity contribution is -0.143. The van der Waals surface area contributed by atoms with Gasteiger partial charge >= 0.3 is 5.97 Å². The van der Waals surface area contributed by atoms with Gasteiger partial charge < -0.3 is 20.3 Å². The molecule has 2 atom stereocenters. The number of amides is 1. The Hall–Kier alpha value is -1.40. The highest BCUT2D eigenvalue weighted by atomic mass is 16.5. The fourth-order valence-corrected chi connectivity index (χ4v) is 9.46. The van der Waals surface area contributed by atoms with Crippen LogP contribution in [0.15, 0.2) is 12.2 Å². The van der Waals surface area contributed by atoms with Gasteiger partial charge in [0.1, 0.15) is 0 Å². The standard InChI is InChI=1S/C60H117NO5/c1-3-5-7-9-11-13-15-16-17-18-21-25-28-31-34-38-42-46-50-54-60(65)66-55-51-47-43-39-35-32-29-26-23-20-19-22-24-27-30-33-37-41-45-49-53-59(64)61-57(56-62)58(63)52-48-44-40-36-14-12-10-8-6-4-2/h19,22,57-58,62-63H,3-18,20-21,23-56H2,1-2H3,(H,61,64)/b22-19-. The molecule has 0 spiro atoms. The number of esters is 1. The summed E-state index contributed by atoms with van der Waals surface area (Å²) in [5.41, 5.74) is 0. The molecule has 0 rings (SSSR count). The molecule has 0 saturated carbocycles. The normalized spacial score (nSPS) is 12.6. The predicted molar refractivity (Wildman–Crippen MR) is 287 cm³/mol. The number of carbonyl (C=O) groups excluding carboxylic acids is 2. The molecular weight excluding hydrogens is 815 g/mol. The summed E-state index contributed by atoms with van der Waals surface area (Å²) in [6.45, 7) is 4.95. The average Bonchev–Trinajstić information content (AvgIpc) is 3.32. The molecule has 6 heteroatoms. The largest absolute Gasteiger partial charge is 0.466 e. The minimum Gasteiger partial charge on any atom is -0.466 e. The number of aliphatic hydroxyl groups excluding tert-OH is 2. The van der Waals surface area contributed by atoms with E-state index in [1.165, 1.54) is 263 Å². The van der Waals surface area contributed by atoms with Gasteiger partial charge in [-0.15, -0.1) is 0 Å². The van der Waals surface area contributed by atoms with Crippen molar-refractivity contribution in [1.29, 1.82) is 0 Å². The Kier molecular flexibility index (Phi) is 55.0. The van der Waals surface area contributed by atoms with Crippen LogP contribution in [0.1, 0.15) is 335 Å². The maximum absolute atomic E-state index is 12.4. The Bertz CT molecular complexity index is 986. The van der Waals surface area contributed by atoms with Gasteiger partial charge in [0.05, 0.1) is 25.4 Å². The third-order valence-electron chi connectivity index (χ3n) is 14.1. The molecule has 0 heterocycles. The van der Waals surface area contributed by atoms with Gasteiger partial charge in [0.25, 0.3) is 0 Å². The van der Waals surface area contributed by atoms with Gasteiger partial charge in [-0.3, -0.25) is 9.59 Å². The van der Waals surface area contributed by atoms with Crippen LogP contribution < -0.4 is 5.32 Å². The lowest BCUT2D eigenvalue weighted by Crippen LogP contribution is -2.45. The highest BCUT2D eigenvalue weighted by Gasteiger charge is 2.20. The first-order chi connectivity index (χ1) is 32.5. The van der Waals surface area contributed by atoms with E-state index in [0.717, 1.165) is 38.5 Å². The topological polar surface area (TPSA) is 95.9 Å². The first-order valence-corrected chi connectivity index (χ1v) is 29.9. The zero-order valence-corrected chi connectivity index (χ0v) is 44.7. The Morgan fingerprint density at radius 2 is 0.712 bits per heavy atom. The summed E-state index contributed by atoms with van der Waals surface area (Å²) in [5.74, 6) is -0.0327. The van der Waals surface area contributed by atoms with Crippen molar-refractivity contribution in [3.8, 4) is 0 Å². The third-order valence-corrected chi connectivity index (χ3v) is 14.1. The first-order valence-electron chi connectivity index (χ1n) is 29.9. The van der Waals surface area contributed by atoms with Crippen LogP contribution >= 0.6 is 0 Å². The van der Waals surface area contributed by atoms with Crippen molar-refractivity contribution >= 4 is 11.9 Å². The Balaban J connectivity index is 3.37. The molecule has 6 nitrogen and oxygen atoms in total. The predicted octanol–water partition coefficient (Wildman–Crippen LogP) is 18.5. The lowest BCUT2D eigenvalue weighted by Gasteiger charge is -2.22. The summed E-state index contributed by atoms with van der Waals surface area (Å²) in [6.07, 6.45) is 66.5. The molecule has 1 amide bonds. The van der Waals surface area contributed by atoms with Gasteiger partial charge in [-0.25, -0.2) is 0 Å². The Morgan fingerprint density at radius 1 is 0.409 bits per heavy atom. The van der Waals surface area contributed by atoms with Gasteiger partial charge in [-0.05, 0) is 51.4 Å².